The Bertz CT molecular complexity index is 1670. The van der Waals surface area contributed by atoms with Gasteiger partial charge in [-0.1, -0.05) is 55.5 Å². The predicted octanol–water partition coefficient (Wildman–Crippen LogP) is 6.23. The fraction of sp³-hybridized carbons (Fsp3) is 0.310. The number of hydrogen-bond donors (Lipinski definition) is 2. The Kier molecular flexibility index (Phi) is 7.76. The zero-order valence-corrected chi connectivity index (χ0v) is 22.9. The highest BCUT2D eigenvalue weighted by Crippen LogP contribution is 2.46. The third kappa shape index (κ3) is 5.57. The van der Waals surface area contributed by atoms with Gasteiger partial charge in [-0.15, -0.1) is 0 Å². The molecule has 1 fully saturated rings. The van der Waals surface area contributed by atoms with Crippen LogP contribution in [0, 0.1) is 11.3 Å². The van der Waals surface area contributed by atoms with Crippen molar-refractivity contribution < 1.29 is 9.53 Å². The van der Waals surface area contributed by atoms with Gasteiger partial charge in [0, 0.05) is 23.1 Å². The highest BCUT2D eigenvalue weighted by atomic mass is 35.5. The van der Waals surface area contributed by atoms with Crippen LogP contribution in [0.5, 0.6) is 5.75 Å². The third-order valence-corrected chi connectivity index (χ3v) is 7.58. The summed E-state index contributed by atoms with van der Waals surface area (Å²) in [6.07, 6.45) is 5.23. The maximum absolute atomic E-state index is 13.0. The summed E-state index contributed by atoms with van der Waals surface area (Å²) in [6, 6.07) is 12.7. The monoisotopic (exact) mass is 563 g/mol. The first-order chi connectivity index (χ1) is 18.8. The fourth-order valence-corrected chi connectivity index (χ4v) is 4.94. The van der Waals surface area contributed by atoms with Crippen LogP contribution in [0.4, 0.5) is 0 Å². The first-order valence-electron chi connectivity index (χ1n) is 12.9. The van der Waals surface area contributed by atoms with E-state index in [-0.39, 0.29) is 17.2 Å². The summed E-state index contributed by atoms with van der Waals surface area (Å²) >= 11 is 12.5. The van der Waals surface area contributed by atoms with Crippen molar-refractivity contribution in [1.29, 1.82) is 5.26 Å². The number of esters is 1. The molecule has 0 unspecified atom stereocenters. The Morgan fingerprint density at radius 2 is 2.00 bits per heavy atom. The van der Waals surface area contributed by atoms with E-state index in [1.165, 1.54) is 12.1 Å². The van der Waals surface area contributed by atoms with E-state index in [1.807, 2.05) is 6.07 Å². The molecule has 1 aliphatic carbocycles. The van der Waals surface area contributed by atoms with Crippen molar-refractivity contribution in [3.05, 3.63) is 74.1 Å². The number of hydrogen-bond acceptors (Lipinski definition) is 6. The number of fused-ring (bicyclic) bond motifs is 1. The zero-order chi connectivity index (χ0) is 27.7. The molecule has 200 valence electrons. The number of nitriles is 1. The van der Waals surface area contributed by atoms with Gasteiger partial charge in [-0.25, -0.2) is 9.31 Å². The Morgan fingerprint density at radius 1 is 1.21 bits per heavy atom. The second-order valence-corrected chi connectivity index (χ2v) is 10.6. The largest absolute Gasteiger partial charge is 0.425 e. The van der Waals surface area contributed by atoms with E-state index in [0.717, 1.165) is 48.9 Å². The second-order valence-electron chi connectivity index (χ2n) is 9.79. The number of H-pyrrole nitrogens is 1. The van der Waals surface area contributed by atoms with Gasteiger partial charge in [0.15, 0.2) is 0 Å². The lowest BCUT2D eigenvalue weighted by molar-refractivity contribution is -0.136. The van der Waals surface area contributed by atoms with E-state index in [0.29, 0.717) is 38.9 Å². The first kappa shape index (κ1) is 26.9. The molecule has 8 nitrogen and oxygen atoms in total. The number of nitrogens with two attached hydrogens (primary N) is 1. The van der Waals surface area contributed by atoms with E-state index in [4.69, 9.17) is 38.8 Å². The number of carbonyl (C=O) groups excluding carboxylic acids is 1. The lowest BCUT2D eigenvalue weighted by Crippen LogP contribution is -2.34. The number of aromatic amines is 1. The molecular weight excluding hydrogens is 537 g/mol. The third-order valence-electron chi connectivity index (χ3n) is 6.84. The van der Waals surface area contributed by atoms with Gasteiger partial charge in [0.1, 0.15) is 17.4 Å². The van der Waals surface area contributed by atoms with E-state index in [1.54, 1.807) is 28.8 Å². The highest BCUT2D eigenvalue weighted by Gasteiger charge is 2.32. The molecule has 2 heterocycles. The molecule has 4 aromatic rings. The number of nitrogens with one attached hydrogen (secondary N) is 1. The maximum atomic E-state index is 13.0. The lowest BCUT2D eigenvalue weighted by atomic mass is 10.0. The molecule has 0 saturated heterocycles. The summed E-state index contributed by atoms with van der Waals surface area (Å²) in [6.45, 7) is 2.07. The molecule has 0 spiro atoms. The highest BCUT2D eigenvalue weighted by molar-refractivity contribution is 6.42. The summed E-state index contributed by atoms with van der Waals surface area (Å²) in [5, 5.41) is 15.2. The Hall–Kier alpha value is -3.64. The number of carbonyl (C=O) groups is 1. The lowest BCUT2D eigenvalue weighted by Gasteiger charge is -2.15. The minimum Gasteiger partial charge on any atom is -0.425 e. The maximum Gasteiger partial charge on any atom is 0.328 e. The fourth-order valence-electron chi connectivity index (χ4n) is 4.64. The Morgan fingerprint density at radius 3 is 2.69 bits per heavy atom. The van der Waals surface area contributed by atoms with Gasteiger partial charge in [-0.3, -0.25) is 4.79 Å². The first-order valence-corrected chi connectivity index (χ1v) is 13.7. The number of aromatic nitrogens is 3. The van der Waals surface area contributed by atoms with Crippen LogP contribution in [0.3, 0.4) is 0 Å². The SMILES string of the molecule is CCCCC[C@H](N)C(=O)Oc1cc(C#N)ccc1-c1cc(=O)[nH]c2c(-c3ccc(Cl)c(Cl)c3)c(C3CC3)nn12. The summed E-state index contributed by atoms with van der Waals surface area (Å²) in [5.74, 6) is -0.222. The van der Waals surface area contributed by atoms with Crippen molar-refractivity contribution >= 4 is 34.8 Å². The van der Waals surface area contributed by atoms with Gasteiger partial charge in [0.05, 0.1) is 33.1 Å². The number of nitrogens with zero attached hydrogens (tertiary/aromatic N) is 3. The molecule has 0 radical (unpaired) electrons. The van der Waals surface area contributed by atoms with Crippen molar-refractivity contribution in [1.82, 2.24) is 14.6 Å². The molecule has 0 amide bonds. The molecule has 5 rings (SSSR count). The molecule has 0 aliphatic heterocycles. The number of unbranched alkanes of at least 4 members (excludes halogenated alkanes) is 2. The van der Waals surface area contributed by atoms with E-state index < -0.39 is 12.0 Å². The molecular formula is C29H27Cl2N5O3. The second kappa shape index (κ2) is 11.2. The van der Waals surface area contributed by atoms with Crippen molar-refractivity contribution in [2.24, 2.45) is 5.73 Å². The van der Waals surface area contributed by atoms with E-state index in [9.17, 15) is 14.9 Å². The number of benzene rings is 2. The van der Waals surface area contributed by atoms with Gasteiger partial charge in [0.25, 0.3) is 5.56 Å². The number of halogens is 2. The number of ether oxygens (including phenoxy) is 1. The van der Waals surface area contributed by atoms with Crippen LogP contribution in [0.1, 0.15) is 62.6 Å². The van der Waals surface area contributed by atoms with Crippen LogP contribution in [-0.2, 0) is 4.79 Å². The summed E-state index contributed by atoms with van der Waals surface area (Å²) in [7, 11) is 0. The minimum atomic E-state index is -0.804. The molecule has 2 aromatic heterocycles. The van der Waals surface area contributed by atoms with Crippen molar-refractivity contribution in [2.45, 2.75) is 57.4 Å². The average Bonchev–Trinajstić information content (AvgIpc) is 3.70. The average molecular weight is 564 g/mol. The summed E-state index contributed by atoms with van der Waals surface area (Å²) in [5.41, 5.74) is 9.74. The molecule has 39 heavy (non-hydrogen) atoms. The van der Waals surface area contributed by atoms with Gasteiger partial charge in [-0.2, -0.15) is 10.4 Å². The Labute approximate surface area is 235 Å². The van der Waals surface area contributed by atoms with Crippen molar-refractivity contribution in [3.8, 4) is 34.2 Å². The standard InChI is InChI=1S/C29H27Cl2N5O3/c1-2-3-4-5-22(33)29(38)39-24-12-16(15-32)6-10-19(24)23-14-25(37)34-28-26(18-9-11-20(30)21(31)13-18)27(17-7-8-17)35-36(23)28/h6,9-14,17,22H,2-5,7-8,33H2,1H3,(H,34,37)/t22-/m0/s1. The van der Waals surface area contributed by atoms with Gasteiger partial charge in [-0.05, 0) is 55.2 Å². The molecule has 1 aliphatic rings. The quantitative estimate of drug-likeness (QED) is 0.141. The topological polar surface area (TPSA) is 126 Å². The summed E-state index contributed by atoms with van der Waals surface area (Å²) < 4.78 is 7.38. The van der Waals surface area contributed by atoms with E-state index >= 15 is 0 Å². The summed E-state index contributed by atoms with van der Waals surface area (Å²) in [4.78, 5) is 28.8. The molecule has 1 atom stereocenters. The molecule has 10 heteroatoms. The van der Waals surface area contributed by atoms with E-state index in [2.05, 4.69) is 18.0 Å². The molecule has 0 bridgehead atoms. The van der Waals surface area contributed by atoms with Gasteiger partial charge in [0.2, 0.25) is 0 Å². The van der Waals surface area contributed by atoms with Gasteiger partial charge < -0.3 is 15.5 Å². The van der Waals surface area contributed by atoms with Crippen LogP contribution in [0.2, 0.25) is 10.0 Å². The predicted molar refractivity (Wildman–Crippen MR) is 151 cm³/mol. The number of rotatable bonds is 9. The molecule has 2 aromatic carbocycles. The van der Waals surface area contributed by atoms with Crippen molar-refractivity contribution in [2.75, 3.05) is 0 Å². The normalized spacial score (nSPS) is 13.8. The van der Waals surface area contributed by atoms with Gasteiger partial charge >= 0.3 is 5.97 Å². The van der Waals surface area contributed by atoms with Crippen LogP contribution in [0.15, 0.2) is 47.3 Å². The molecule has 3 N–H and O–H groups in total. The van der Waals surface area contributed by atoms with Crippen LogP contribution < -0.4 is 16.0 Å². The minimum absolute atomic E-state index is 0.136. The van der Waals surface area contributed by atoms with Crippen LogP contribution in [-0.4, -0.2) is 26.6 Å². The molecule has 1 saturated carbocycles. The van der Waals surface area contributed by atoms with Crippen molar-refractivity contribution in [3.63, 3.8) is 0 Å². The van der Waals surface area contributed by atoms with Crippen LogP contribution in [0.25, 0.3) is 28.0 Å². The van der Waals surface area contributed by atoms with Crippen LogP contribution >= 0.6 is 23.2 Å². The Balaban J connectivity index is 1.65. The zero-order valence-electron chi connectivity index (χ0n) is 21.3. The smallest absolute Gasteiger partial charge is 0.328 e.